The third-order valence-corrected chi connectivity index (χ3v) is 3.82. The zero-order valence-corrected chi connectivity index (χ0v) is 12.7. The van der Waals surface area contributed by atoms with Crippen LogP contribution in [0, 0.1) is 0 Å². The van der Waals surface area contributed by atoms with Crippen molar-refractivity contribution in [1.82, 2.24) is 15.5 Å². The molecule has 1 heterocycles. The molecule has 1 aliphatic carbocycles. The summed E-state index contributed by atoms with van der Waals surface area (Å²) in [6, 6.07) is 5.11. The number of hydrogen-bond acceptors (Lipinski definition) is 4. The predicted octanol–water partition coefficient (Wildman–Crippen LogP) is 3.29. The molecule has 0 bridgehead atoms. The molecule has 1 aromatic carbocycles. The van der Waals surface area contributed by atoms with Crippen LogP contribution in [0.15, 0.2) is 27.2 Å². The third-order valence-electron chi connectivity index (χ3n) is 3.00. The second-order valence-corrected chi connectivity index (χ2v) is 5.95. The number of benzene rings is 1. The molecule has 1 aliphatic rings. The van der Waals surface area contributed by atoms with Gasteiger partial charge in [-0.1, -0.05) is 32.7 Å². The Hall–Kier alpha value is -1.40. The monoisotopic (exact) mass is 355 g/mol. The fraction of sp³-hybridized carbons (Fsp3) is 0.308. The Morgan fingerprint density at radius 2 is 2.30 bits per heavy atom. The number of carbonyl (C=O) groups excluding carboxylic acids is 1. The van der Waals surface area contributed by atoms with Gasteiger partial charge in [0.15, 0.2) is 5.82 Å². The van der Waals surface area contributed by atoms with Crippen LogP contribution < -0.4 is 5.32 Å². The van der Waals surface area contributed by atoms with Crippen LogP contribution in [0.1, 0.15) is 40.8 Å². The van der Waals surface area contributed by atoms with Crippen molar-refractivity contribution in [2.24, 2.45) is 0 Å². The molecule has 0 aliphatic heterocycles. The molecule has 1 fully saturated rings. The van der Waals surface area contributed by atoms with Gasteiger partial charge in [-0.2, -0.15) is 4.98 Å². The van der Waals surface area contributed by atoms with Gasteiger partial charge in [0.1, 0.15) is 0 Å². The molecular weight excluding hydrogens is 346 g/mol. The van der Waals surface area contributed by atoms with Gasteiger partial charge >= 0.3 is 0 Å². The fourth-order valence-electron chi connectivity index (χ4n) is 1.77. The topological polar surface area (TPSA) is 68.0 Å². The molecular formula is C13H11BrClN3O2. The van der Waals surface area contributed by atoms with Crippen molar-refractivity contribution < 1.29 is 9.32 Å². The molecule has 0 unspecified atom stereocenters. The molecule has 104 valence electrons. The van der Waals surface area contributed by atoms with Crippen LogP contribution in [0.25, 0.3) is 0 Å². The van der Waals surface area contributed by atoms with Crippen molar-refractivity contribution in [3.05, 3.63) is 45.0 Å². The summed E-state index contributed by atoms with van der Waals surface area (Å²) in [6.45, 7) is 0.196. The van der Waals surface area contributed by atoms with Crippen molar-refractivity contribution in [1.29, 1.82) is 0 Å². The summed E-state index contributed by atoms with van der Waals surface area (Å²) in [4.78, 5) is 16.3. The summed E-state index contributed by atoms with van der Waals surface area (Å²) in [6.07, 6.45) is 2.22. The maximum Gasteiger partial charge on any atom is 0.253 e. The maximum atomic E-state index is 12.0. The first-order valence-corrected chi connectivity index (χ1v) is 7.36. The quantitative estimate of drug-likeness (QED) is 0.912. The van der Waals surface area contributed by atoms with Crippen molar-refractivity contribution in [3.8, 4) is 0 Å². The van der Waals surface area contributed by atoms with Crippen LogP contribution in [0.3, 0.4) is 0 Å². The minimum Gasteiger partial charge on any atom is -0.343 e. The summed E-state index contributed by atoms with van der Waals surface area (Å²) in [5.41, 5.74) is 0.406. The zero-order valence-electron chi connectivity index (χ0n) is 10.4. The van der Waals surface area contributed by atoms with Crippen LogP contribution in [-0.4, -0.2) is 16.0 Å². The van der Waals surface area contributed by atoms with Crippen LogP contribution in [0.2, 0.25) is 5.02 Å². The van der Waals surface area contributed by atoms with E-state index in [9.17, 15) is 4.79 Å². The third kappa shape index (κ3) is 3.02. The van der Waals surface area contributed by atoms with Crippen molar-refractivity contribution in [2.75, 3.05) is 0 Å². The highest BCUT2D eigenvalue weighted by Crippen LogP contribution is 2.38. The van der Waals surface area contributed by atoms with Gasteiger partial charge in [-0.15, -0.1) is 0 Å². The van der Waals surface area contributed by atoms with Gasteiger partial charge in [0.2, 0.25) is 5.89 Å². The number of amides is 1. The Bertz CT molecular complexity index is 655. The van der Waals surface area contributed by atoms with E-state index in [-0.39, 0.29) is 12.5 Å². The molecule has 3 rings (SSSR count). The Labute approximate surface area is 128 Å². The average Bonchev–Trinajstić information content (AvgIpc) is 3.18. The zero-order chi connectivity index (χ0) is 14.1. The van der Waals surface area contributed by atoms with Crippen LogP contribution in [0.5, 0.6) is 0 Å². The van der Waals surface area contributed by atoms with E-state index in [4.69, 9.17) is 16.1 Å². The highest BCUT2D eigenvalue weighted by Gasteiger charge is 2.28. The van der Waals surface area contributed by atoms with Gasteiger partial charge in [-0.3, -0.25) is 4.79 Å². The van der Waals surface area contributed by atoms with E-state index < -0.39 is 0 Å². The number of aromatic nitrogens is 2. The first kappa shape index (κ1) is 13.6. The second kappa shape index (κ2) is 5.54. The Kier molecular flexibility index (Phi) is 3.76. The molecule has 1 aromatic heterocycles. The average molecular weight is 357 g/mol. The predicted molar refractivity (Wildman–Crippen MR) is 76.6 cm³/mol. The second-order valence-electron chi connectivity index (χ2n) is 4.63. The molecule has 0 radical (unpaired) electrons. The summed E-state index contributed by atoms with van der Waals surface area (Å²) in [5.74, 6) is 1.30. The highest BCUT2D eigenvalue weighted by atomic mass is 79.9. The largest absolute Gasteiger partial charge is 0.343 e. The van der Waals surface area contributed by atoms with Gasteiger partial charge in [-0.05, 0) is 31.0 Å². The van der Waals surface area contributed by atoms with Gasteiger partial charge in [-0.25, -0.2) is 0 Å². The number of nitrogens with one attached hydrogen (secondary N) is 1. The molecule has 1 saturated carbocycles. The van der Waals surface area contributed by atoms with E-state index in [0.717, 1.165) is 23.1 Å². The van der Waals surface area contributed by atoms with Gasteiger partial charge in [0, 0.05) is 10.4 Å². The number of nitrogens with zero attached hydrogens (tertiary/aromatic N) is 2. The lowest BCUT2D eigenvalue weighted by atomic mass is 10.2. The summed E-state index contributed by atoms with van der Waals surface area (Å²) >= 11 is 9.30. The van der Waals surface area contributed by atoms with E-state index in [0.29, 0.717) is 22.4 Å². The minimum atomic E-state index is -0.275. The molecule has 20 heavy (non-hydrogen) atoms. The lowest BCUT2D eigenvalue weighted by Crippen LogP contribution is -2.23. The van der Waals surface area contributed by atoms with E-state index in [1.165, 1.54) is 0 Å². The molecule has 2 aromatic rings. The Morgan fingerprint density at radius 1 is 1.50 bits per heavy atom. The molecule has 0 atom stereocenters. The Morgan fingerprint density at radius 3 is 3.05 bits per heavy atom. The Balaban J connectivity index is 1.64. The van der Waals surface area contributed by atoms with E-state index in [1.54, 1.807) is 18.2 Å². The first-order valence-electron chi connectivity index (χ1n) is 6.19. The van der Waals surface area contributed by atoms with Crippen LogP contribution in [-0.2, 0) is 6.54 Å². The smallest absolute Gasteiger partial charge is 0.253 e. The highest BCUT2D eigenvalue weighted by molar-refractivity contribution is 9.10. The maximum absolute atomic E-state index is 12.0. The molecule has 7 heteroatoms. The number of rotatable bonds is 4. The number of halogens is 2. The first-order chi connectivity index (χ1) is 9.63. The molecule has 0 saturated heterocycles. The van der Waals surface area contributed by atoms with Crippen LogP contribution >= 0.6 is 27.5 Å². The standard InChI is InChI=1S/C13H11BrClN3O2/c14-8-3-4-10(15)9(5-8)13(19)16-6-11-17-12(18-20-11)7-1-2-7/h3-5,7H,1-2,6H2,(H,16,19). The minimum absolute atomic E-state index is 0.196. The van der Waals surface area contributed by atoms with Gasteiger partial charge < -0.3 is 9.84 Å². The molecule has 0 spiro atoms. The number of hydrogen-bond donors (Lipinski definition) is 1. The van der Waals surface area contributed by atoms with E-state index in [1.807, 2.05) is 0 Å². The summed E-state index contributed by atoms with van der Waals surface area (Å²) in [5, 5.41) is 7.00. The molecule has 5 nitrogen and oxygen atoms in total. The molecule has 1 N–H and O–H groups in total. The number of carbonyl (C=O) groups is 1. The van der Waals surface area contributed by atoms with Crippen molar-refractivity contribution in [3.63, 3.8) is 0 Å². The fourth-order valence-corrected chi connectivity index (χ4v) is 2.33. The van der Waals surface area contributed by atoms with E-state index >= 15 is 0 Å². The lowest BCUT2D eigenvalue weighted by molar-refractivity contribution is 0.0946. The van der Waals surface area contributed by atoms with Crippen LogP contribution in [0.4, 0.5) is 0 Å². The SMILES string of the molecule is O=C(NCc1nc(C2CC2)no1)c1cc(Br)ccc1Cl. The van der Waals surface area contributed by atoms with Gasteiger partial charge in [0.05, 0.1) is 17.1 Å². The van der Waals surface area contributed by atoms with E-state index in [2.05, 4.69) is 31.4 Å². The summed E-state index contributed by atoms with van der Waals surface area (Å²) in [7, 11) is 0. The normalized spacial score (nSPS) is 14.3. The summed E-state index contributed by atoms with van der Waals surface area (Å²) < 4.78 is 5.88. The molecule has 1 amide bonds. The van der Waals surface area contributed by atoms with Crippen molar-refractivity contribution in [2.45, 2.75) is 25.3 Å². The lowest BCUT2D eigenvalue weighted by Gasteiger charge is -2.05. The van der Waals surface area contributed by atoms with Gasteiger partial charge in [0.25, 0.3) is 5.91 Å². The van der Waals surface area contributed by atoms with Crippen molar-refractivity contribution >= 4 is 33.4 Å².